The number of benzene rings is 4. The molecule has 3 N–H and O–H groups in total. The van der Waals surface area contributed by atoms with Gasteiger partial charge in [-0.15, -0.1) is 12.4 Å². The highest BCUT2D eigenvalue weighted by atomic mass is 35.5. The van der Waals surface area contributed by atoms with Crippen LogP contribution in [0.3, 0.4) is 0 Å². The van der Waals surface area contributed by atoms with Crippen LogP contribution in [0.25, 0.3) is 22.6 Å². The SMILES string of the molecule is CC(C)(C)OC(=O)NCCOc1cc(-c2ccc(OCc3ccccc3)cc2)on1.Cl.NCCOc1cc(-c2ccc(OCc3ccccc3)cc2)on1. The van der Waals surface area contributed by atoms with E-state index in [1.165, 1.54) is 0 Å². The lowest BCUT2D eigenvalue weighted by atomic mass is 10.1. The van der Waals surface area contributed by atoms with Crippen molar-refractivity contribution in [1.29, 1.82) is 0 Å². The molecule has 2 aromatic heterocycles. The molecular weight excluding hydrogens is 712 g/mol. The smallest absolute Gasteiger partial charge is 0.407 e. The van der Waals surface area contributed by atoms with Crippen molar-refractivity contribution in [2.24, 2.45) is 5.73 Å². The van der Waals surface area contributed by atoms with E-state index in [0.717, 1.165) is 33.8 Å². The van der Waals surface area contributed by atoms with E-state index in [1.807, 2.05) is 130 Å². The Morgan fingerprint density at radius 1 is 0.648 bits per heavy atom. The predicted octanol–water partition coefficient (Wildman–Crippen LogP) is 8.50. The number of hydrogen-bond donors (Lipinski definition) is 2. The predicted molar refractivity (Wildman–Crippen MR) is 207 cm³/mol. The van der Waals surface area contributed by atoms with Crippen LogP contribution in [0.5, 0.6) is 23.3 Å². The standard InChI is InChI=1S/C23H26N2O5.C18H18N2O3.ClH/c1-23(2,3)29-22(26)24-13-14-27-21-15-20(30-25-21)18-9-11-19(12-10-18)28-16-17-7-5-4-6-8-17;19-10-11-21-18-12-17(23-20-18)15-6-8-16(9-7-15)22-13-14-4-2-1-3-5-14;/h4-12,15H,13-14,16H2,1-3H3,(H,24,26);1-9,12H,10-11,13,19H2;1H. The van der Waals surface area contributed by atoms with Gasteiger partial charge < -0.3 is 43.8 Å². The van der Waals surface area contributed by atoms with Gasteiger partial charge in [0.25, 0.3) is 11.8 Å². The van der Waals surface area contributed by atoms with Crippen LogP contribution in [-0.4, -0.2) is 48.3 Å². The quantitative estimate of drug-likeness (QED) is 0.0970. The number of carbonyl (C=O) groups excluding carboxylic acids is 1. The topological polar surface area (TPSA) is 153 Å². The van der Waals surface area contributed by atoms with Crippen LogP contribution in [-0.2, 0) is 18.0 Å². The molecule has 1 amide bonds. The van der Waals surface area contributed by atoms with Crippen molar-refractivity contribution in [2.75, 3.05) is 26.3 Å². The van der Waals surface area contributed by atoms with Gasteiger partial charge >= 0.3 is 6.09 Å². The van der Waals surface area contributed by atoms with E-state index in [0.29, 0.717) is 56.2 Å². The molecule has 284 valence electrons. The maximum absolute atomic E-state index is 11.6. The first-order valence-electron chi connectivity index (χ1n) is 17.1. The molecule has 0 unspecified atom stereocenters. The fourth-order valence-electron chi connectivity index (χ4n) is 4.63. The summed E-state index contributed by atoms with van der Waals surface area (Å²) >= 11 is 0. The summed E-state index contributed by atoms with van der Waals surface area (Å²) in [6, 6.07) is 38.7. The van der Waals surface area contributed by atoms with Crippen LogP contribution >= 0.6 is 12.4 Å². The molecule has 6 rings (SSSR count). The number of nitrogens with one attached hydrogen (secondary N) is 1. The molecule has 13 heteroatoms. The highest BCUT2D eigenvalue weighted by Crippen LogP contribution is 2.27. The molecule has 2 heterocycles. The minimum Gasteiger partial charge on any atom is -0.489 e. The van der Waals surface area contributed by atoms with E-state index in [1.54, 1.807) is 12.1 Å². The number of nitrogens with two attached hydrogens (primary N) is 1. The summed E-state index contributed by atoms with van der Waals surface area (Å²) < 4.78 is 38.1. The normalized spacial score (nSPS) is 10.6. The number of hydrogen-bond acceptors (Lipinski definition) is 11. The lowest BCUT2D eigenvalue weighted by Crippen LogP contribution is -2.34. The van der Waals surface area contributed by atoms with Gasteiger partial charge in [0.15, 0.2) is 11.5 Å². The summed E-state index contributed by atoms with van der Waals surface area (Å²) in [5, 5.41) is 10.4. The zero-order chi connectivity index (χ0) is 37.3. The number of alkyl carbamates (subject to hydrolysis) is 1. The van der Waals surface area contributed by atoms with E-state index in [4.69, 9.17) is 38.5 Å². The summed E-state index contributed by atoms with van der Waals surface area (Å²) in [6.45, 7) is 7.87. The van der Waals surface area contributed by atoms with Crippen LogP contribution in [0.2, 0.25) is 0 Å². The fourth-order valence-corrected chi connectivity index (χ4v) is 4.63. The Kier molecular flexibility index (Phi) is 15.8. The van der Waals surface area contributed by atoms with Crippen molar-refractivity contribution in [3.05, 3.63) is 132 Å². The summed E-state index contributed by atoms with van der Waals surface area (Å²) in [7, 11) is 0. The van der Waals surface area contributed by atoms with Crippen molar-refractivity contribution < 1.29 is 37.5 Å². The van der Waals surface area contributed by atoms with Gasteiger partial charge in [-0.1, -0.05) is 60.7 Å². The highest BCUT2D eigenvalue weighted by molar-refractivity contribution is 5.85. The zero-order valence-electron chi connectivity index (χ0n) is 30.4. The Balaban J connectivity index is 0.000000244. The Morgan fingerprint density at radius 2 is 1.09 bits per heavy atom. The van der Waals surface area contributed by atoms with Crippen LogP contribution < -0.4 is 30.0 Å². The Bertz CT molecular complexity index is 1950. The second kappa shape index (κ2) is 20.9. The lowest BCUT2D eigenvalue weighted by Gasteiger charge is -2.19. The van der Waals surface area contributed by atoms with Crippen molar-refractivity contribution in [3.8, 4) is 45.9 Å². The summed E-state index contributed by atoms with van der Waals surface area (Å²) in [6.07, 6.45) is -0.485. The molecule has 0 saturated heterocycles. The molecule has 0 atom stereocenters. The first-order valence-corrected chi connectivity index (χ1v) is 17.1. The summed E-state index contributed by atoms with van der Waals surface area (Å²) in [5.41, 5.74) is 8.86. The minimum absolute atomic E-state index is 0. The Hall–Kier alpha value is -5.98. The van der Waals surface area contributed by atoms with Gasteiger partial charge in [0.05, 0.1) is 6.54 Å². The molecule has 0 radical (unpaired) electrons. The van der Waals surface area contributed by atoms with Gasteiger partial charge in [0, 0.05) is 29.8 Å². The number of aromatic nitrogens is 2. The molecule has 0 aliphatic rings. The third-order valence-corrected chi connectivity index (χ3v) is 7.14. The first kappa shape index (κ1) is 40.8. The van der Waals surface area contributed by atoms with Crippen molar-refractivity contribution >= 4 is 18.5 Å². The minimum atomic E-state index is -0.534. The maximum atomic E-state index is 11.6. The number of rotatable bonds is 15. The van der Waals surface area contributed by atoms with Crippen LogP contribution in [0, 0.1) is 0 Å². The molecule has 0 spiro atoms. The van der Waals surface area contributed by atoms with E-state index in [2.05, 4.69) is 15.6 Å². The van der Waals surface area contributed by atoms with Crippen LogP contribution in [0.4, 0.5) is 4.79 Å². The molecule has 0 saturated carbocycles. The van der Waals surface area contributed by atoms with Gasteiger partial charge in [0.2, 0.25) is 0 Å². The zero-order valence-corrected chi connectivity index (χ0v) is 31.3. The fraction of sp³-hybridized carbons (Fsp3) is 0.244. The van der Waals surface area contributed by atoms with Gasteiger partial charge in [0.1, 0.15) is 43.5 Å². The lowest BCUT2D eigenvalue weighted by molar-refractivity contribution is 0.0519. The molecular formula is C41H45ClN4O8. The number of amides is 1. The van der Waals surface area contributed by atoms with E-state index in [-0.39, 0.29) is 19.0 Å². The average Bonchev–Trinajstić information content (AvgIpc) is 3.85. The van der Waals surface area contributed by atoms with Crippen molar-refractivity contribution in [1.82, 2.24) is 15.6 Å². The Morgan fingerprint density at radius 3 is 1.52 bits per heavy atom. The number of ether oxygens (including phenoxy) is 5. The second-order valence-corrected chi connectivity index (χ2v) is 12.6. The van der Waals surface area contributed by atoms with E-state index >= 15 is 0 Å². The largest absolute Gasteiger partial charge is 0.489 e. The highest BCUT2D eigenvalue weighted by Gasteiger charge is 2.16. The van der Waals surface area contributed by atoms with E-state index in [9.17, 15) is 4.79 Å². The molecule has 0 bridgehead atoms. The average molecular weight is 757 g/mol. The van der Waals surface area contributed by atoms with Crippen LogP contribution in [0.15, 0.2) is 130 Å². The van der Waals surface area contributed by atoms with Crippen LogP contribution in [0.1, 0.15) is 31.9 Å². The molecule has 54 heavy (non-hydrogen) atoms. The molecule has 0 aliphatic heterocycles. The summed E-state index contributed by atoms with van der Waals surface area (Å²) in [4.78, 5) is 11.6. The molecule has 4 aromatic carbocycles. The van der Waals surface area contributed by atoms with Crippen molar-refractivity contribution in [3.63, 3.8) is 0 Å². The third kappa shape index (κ3) is 13.9. The van der Waals surface area contributed by atoms with Gasteiger partial charge in [-0.05, 0) is 90.7 Å². The monoisotopic (exact) mass is 756 g/mol. The van der Waals surface area contributed by atoms with Gasteiger partial charge in [-0.25, -0.2) is 4.79 Å². The first-order chi connectivity index (χ1) is 25.7. The number of carbonyl (C=O) groups is 1. The molecule has 0 fully saturated rings. The van der Waals surface area contributed by atoms with E-state index < -0.39 is 11.7 Å². The molecule has 0 aliphatic carbocycles. The number of nitrogens with zero attached hydrogens (tertiary/aromatic N) is 2. The maximum Gasteiger partial charge on any atom is 0.407 e. The van der Waals surface area contributed by atoms with Gasteiger partial charge in [-0.3, -0.25) is 0 Å². The third-order valence-electron chi connectivity index (χ3n) is 7.14. The second-order valence-electron chi connectivity index (χ2n) is 12.6. The Labute approximate surface area is 320 Å². The van der Waals surface area contributed by atoms with Gasteiger partial charge in [-0.2, -0.15) is 0 Å². The van der Waals surface area contributed by atoms with Crippen molar-refractivity contribution in [2.45, 2.75) is 39.6 Å². The molecule has 6 aromatic rings. The molecule has 12 nitrogen and oxygen atoms in total. The summed E-state index contributed by atoms with van der Waals surface area (Å²) in [5.74, 6) is 3.59. The number of halogens is 1.